The van der Waals surface area contributed by atoms with E-state index in [1.54, 1.807) is 22.3 Å². The van der Waals surface area contributed by atoms with Crippen LogP contribution in [0.25, 0.3) is 16.4 Å². The van der Waals surface area contributed by atoms with Gasteiger partial charge in [-0.25, -0.2) is 4.98 Å². The molecular weight excluding hydrogens is 282 g/mol. The highest BCUT2D eigenvalue weighted by molar-refractivity contribution is 7.13. The average Bonchev–Trinajstić information content (AvgIpc) is 3.17. The predicted molar refractivity (Wildman–Crippen MR) is 84.5 cm³/mol. The highest BCUT2D eigenvalue weighted by Crippen LogP contribution is 2.21. The highest BCUT2D eigenvalue weighted by Gasteiger charge is 2.09. The SMILES string of the molecule is CCCNCc1csc(-c2cnn(-c3ccccc3)n2)n1. The zero-order valence-electron chi connectivity index (χ0n) is 11.9. The van der Waals surface area contributed by atoms with Crippen molar-refractivity contribution >= 4 is 11.3 Å². The predicted octanol–water partition coefficient (Wildman–Crippen LogP) is 2.89. The van der Waals surface area contributed by atoms with Gasteiger partial charge < -0.3 is 5.32 Å². The van der Waals surface area contributed by atoms with Crippen molar-refractivity contribution in [1.29, 1.82) is 0 Å². The molecule has 1 N–H and O–H groups in total. The average molecular weight is 299 g/mol. The topological polar surface area (TPSA) is 55.6 Å². The first-order valence-electron chi connectivity index (χ1n) is 7.00. The first kappa shape index (κ1) is 13.9. The molecular formula is C15H17N5S. The molecule has 0 aliphatic heterocycles. The molecule has 0 spiro atoms. The molecule has 1 aromatic carbocycles. The number of rotatable bonds is 6. The van der Waals surface area contributed by atoms with Crippen LogP contribution in [0.4, 0.5) is 0 Å². The molecule has 0 atom stereocenters. The molecule has 0 radical (unpaired) electrons. The van der Waals surface area contributed by atoms with E-state index in [1.807, 2.05) is 30.3 Å². The van der Waals surface area contributed by atoms with Gasteiger partial charge in [-0.05, 0) is 25.1 Å². The maximum atomic E-state index is 4.60. The Hall–Kier alpha value is -2.05. The fourth-order valence-electron chi connectivity index (χ4n) is 1.95. The summed E-state index contributed by atoms with van der Waals surface area (Å²) in [6, 6.07) is 9.88. The minimum Gasteiger partial charge on any atom is -0.311 e. The Morgan fingerprint density at radius 1 is 1.24 bits per heavy atom. The third kappa shape index (κ3) is 3.34. The standard InChI is InChI=1S/C15H17N5S/c1-2-8-16-9-12-11-21-15(18-12)14-10-17-20(19-14)13-6-4-3-5-7-13/h3-7,10-11,16H,2,8-9H2,1H3. The van der Waals surface area contributed by atoms with Crippen LogP contribution in [-0.2, 0) is 6.54 Å². The van der Waals surface area contributed by atoms with Gasteiger partial charge in [-0.2, -0.15) is 9.90 Å². The second-order valence-corrected chi connectivity index (χ2v) is 5.53. The second kappa shape index (κ2) is 6.60. The molecule has 3 aromatic rings. The summed E-state index contributed by atoms with van der Waals surface area (Å²) in [5.74, 6) is 0. The van der Waals surface area contributed by atoms with Crippen LogP contribution in [0.1, 0.15) is 19.0 Å². The third-order valence-corrected chi connectivity index (χ3v) is 3.90. The van der Waals surface area contributed by atoms with Gasteiger partial charge in [0.1, 0.15) is 10.7 Å². The van der Waals surface area contributed by atoms with Crippen LogP contribution in [-0.4, -0.2) is 26.5 Å². The van der Waals surface area contributed by atoms with E-state index in [1.165, 1.54) is 0 Å². The molecule has 0 bridgehead atoms. The van der Waals surface area contributed by atoms with E-state index < -0.39 is 0 Å². The largest absolute Gasteiger partial charge is 0.311 e. The first-order valence-corrected chi connectivity index (χ1v) is 7.88. The van der Waals surface area contributed by atoms with Crippen molar-refractivity contribution in [2.75, 3.05) is 6.54 Å². The van der Waals surface area contributed by atoms with Gasteiger partial charge in [0.05, 0.1) is 17.6 Å². The smallest absolute Gasteiger partial charge is 0.145 e. The van der Waals surface area contributed by atoms with E-state index in [0.717, 1.165) is 41.6 Å². The normalized spacial score (nSPS) is 10.9. The van der Waals surface area contributed by atoms with Crippen molar-refractivity contribution in [1.82, 2.24) is 25.3 Å². The van der Waals surface area contributed by atoms with Crippen LogP contribution < -0.4 is 5.32 Å². The van der Waals surface area contributed by atoms with Crippen LogP contribution in [0.15, 0.2) is 41.9 Å². The molecule has 21 heavy (non-hydrogen) atoms. The summed E-state index contributed by atoms with van der Waals surface area (Å²) in [6.45, 7) is 3.97. The summed E-state index contributed by atoms with van der Waals surface area (Å²) in [6.07, 6.45) is 2.89. The highest BCUT2D eigenvalue weighted by atomic mass is 32.1. The number of hydrogen-bond acceptors (Lipinski definition) is 5. The summed E-state index contributed by atoms with van der Waals surface area (Å²) >= 11 is 1.60. The molecule has 2 heterocycles. The van der Waals surface area contributed by atoms with E-state index in [-0.39, 0.29) is 0 Å². The zero-order valence-corrected chi connectivity index (χ0v) is 12.7. The number of nitrogens with one attached hydrogen (secondary N) is 1. The summed E-state index contributed by atoms with van der Waals surface area (Å²) in [5, 5.41) is 15.1. The number of aromatic nitrogens is 4. The van der Waals surface area contributed by atoms with Crippen molar-refractivity contribution in [3.8, 4) is 16.4 Å². The Morgan fingerprint density at radius 2 is 2.10 bits per heavy atom. The van der Waals surface area contributed by atoms with Crippen molar-refractivity contribution in [3.63, 3.8) is 0 Å². The quantitative estimate of drug-likeness (QED) is 0.711. The second-order valence-electron chi connectivity index (χ2n) is 4.68. The Balaban J connectivity index is 1.74. The third-order valence-electron chi connectivity index (χ3n) is 2.98. The van der Waals surface area contributed by atoms with Crippen LogP contribution in [0.3, 0.4) is 0 Å². The molecule has 108 valence electrons. The van der Waals surface area contributed by atoms with Gasteiger partial charge in [-0.15, -0.1) is 16.4 Å². The lowest BCUT2D eigenvalue weighted by Gasteiger charge is -1.98. The van der Waals surface area contributed by atoms with Gasteiger partial charge in [0, 0.05) is 11.9 Å². The zero-order chi connectivity index (χ0) is 14.5. The Morgan fingerprint density at radius 3 is 2.90 bits per heavy atom. The molecule has 2 aromatic heterocycles. The number of benzene rings is 1. The van der Waals surface area contributed by atoms with Crippen molar-refractivity contribution in [3.05, 3.63) is 47.6 Å². The number of hydrogen-bond donors (Lipinski definition) is 1. The lowest BCUT2D eigenvalue weighted by Crippen LogP contribution is -2.13. The molecule has 0 fully saturated rings. The lowest BCUT2D eigenvalue weighted by molar-refractivity contribution is 0.667. The number of para-hydroxylation sites is 1. The molecule has 5 nitrogen and oxygen atoms in total. The first-order chi connectivity index (χ1) is 10.4. The van der Waals surface area contributed by atoms with Gasteiger partial charge >= 0.3 is 0 Å². The van der Waals surface area contributed by atoms with Gasteiger partial charge in [-0.1, -0.05) is 25.1 Å². The maximum absolute atomic E-state index is 4.60. The summed E-state index contributed by atoms with van der Waals surface area (Å²) in [7, 11) is 0. The summed E-state index contributed by atoms with van der Waals surface area (Å²) in [4.78, 5) is 6.23. The monoisotopic (exact) mass is 299 g/mol. The Kier molecular flexibility index (Phi) is 4.37. The van der Waals surface area contributed by atoms with Crippen molar-refractivity contribution in [2.24, 2.45) is 0 Å². The fraction of sp³-hybridized carbons (Fsp3) is 0.267. The van der Waals surface area contributed by atoms with E-state index in [0.29, 0.717) is 0 Å². The fourth-order valence-corrected chi connectivity index (χ4v) is 2.71. The van der Waals surface area contributed by atoms with E-state index in [2.05, 4.69) is 32.8 Å². The van der Waals surface area contributed by atoms with Crippen LogP contribution in [0.2, 0.25) is 0 Å². The van der Waals surface area contributed by atoms with E-state index in [9.17, 15) is 0 Å². The summed E-state index contributed by atoms with van der Waals surface area (Å²) in [5.41, 5.74) is 2.81. The number of nitrogens with zero attached hydrogens (tertiary/aromatic N) is 4. The molecule has 0 saturated heterocycles. The van der Waals surface area contributed by atoms with Crippen molar-refractivity contribution < 1.29 is 0 Å². The molecule has 6 heteroatoms. The maximum Gasteiger partial charge on any atom is 0.145 e. The minimum absolute atomic E-state index is 0.803. The van der Waals surface area contributed by atoms with Crippen LogP contribution in [0, 0.1) is 0 Å². The number of thiazole rings is 1. The van der Waals surface area contributed by atoms with Gasteiger partial charge in [-0.3, -0.25) is 0 Å². The molecule has 0 aliphatic carbocycles. The summed E-state index contributed by atoms with van der Waals surface area (Å²) < 4.78 is 0. The van der Waals surface area contributed by atoms with Gasteiger partial charge in [0.15, 0.2) is 0 Å². The molecule has 3 rings (SSSR count). The van der Waals surface area contributed by atoms with Crippen LogP contribution >= 0.6 is 11.3 Å². The van der Waals surface area contributed by atoms with Gasteiger partial charge in [0.25, 0.3) is 0 Å². The Bertz CT molecular complexity index is 689. The van der Waals surface area contributed by atoms with Crippen molar-refractivity contribution in [2.45, 2.75) is 19.9 Å². The molecule has 0 amide bonds. The van der Waals surface area contributed by atoms with Gasteiger partial charge in [0.2, 0.25) is 0 Å². The minimum atomic E-state index is 0.803. The Labute approximate surface area is 127 Å². The molecule has 0 aliphatic rings. The lowest BCUT2D eigenvalue weighted by atomic mass is 10.3. The molecule has 0 saturated carbocycles. The van der Waals surface area contributed by atoms with E-state index in [4.69, 9.17) is 0 Å². The molecule has 0 unspecified atom stereocenters. The van der Waals surface area contributed by atoms with Crippen LogP contribution in [0.5, 0.6) is 0 Å². The van der Waals surface area contributed by atoms with E-state index >= 15 is 0 Å².